The summed E-state index contributed by atoms with van der Waals surface area (Å²) in [5.41, 5.74) is 4.88. The number of para-hydroxylation sites is 1. The summed E-state index contributed by atoms with van der Waals surface area (Å²) in [6.07, 6.45) is 1.84. The van der Waals surface area contributed by atoms with Crippen molar-refractivity contribution in [2.45, 2.75) is 20.8 Å². The molecule has 2 aromatic carbocycles. The second-order valence-electron chi connectivity index (χ2n) is 4.55. The van der Waals surface area contributed by atoms with Crippen LogP contribution in [0.25, 0.3) is 0 Å². The van der Waals surface area contributed by atoms with E-state index in [2.05, 4.69) is 4.99 Å². The van der Waals surface area contributed by atoms with Gasteiger partial charge in [0.05, 0.1) is 5.69 Å². The van der Waals surface area contributed by atoms with Crippen LogP contribution < -0.4 is 0 Å². The van der Waals surface area contributed by atoms with Crippen molar-refractivity contribution in [1.82, 2.24) is 0 Å². The predicted octanol–water partition coefficient (Wildman–Crippen LogP) is 4.07. The molecule has 0 bridgehead atoms. The first-order valence-electron chi connectivity index (χ1n) is 5.98. The van der Waals surface area contributed by atoms with Crippen LogP contribution in [0.4, 0.5) is 5.69 Å². The van der Waals surface area contributed by atoms with Crippen LogP contribution in [0, 0.1) is 20.8 Å². The summed E-state index contributed by atoms with van der Waals surface area (Å²) >= 11 is 0. The zero-order chi connectivity index (χ0) is 13.1. The fourth-order valence-corrected chi connectivity index (χ4v) is 1.92. The van der Waals surface area contributed by atoms with E-state index in [4.69, 9.17) is 0 Å². The number of aliphatic imine (C=N–C) groups is 1. The first-order valence-corrected chi connectivity index (χ1v) is 5.98. The first-order chi connectivity index (χ1) is 8.58. The molecule has 0 saturated heterocycles. The normalized spacial score (nSPS) is 11.1. The summed E-state index contributed by atoms with van der Waals surface area (Å²) in [4.78, 5) is 4.48. The number of hydrogen-bond acceptors (Lipinski definition) is 2. The quantitative estimate of drug-likeness (QED) is 0.787. The highest BCUT2D eigenvalue weighted by Gasteiger charge is 2.01. The molecule has 0 aromatic heterocycles. The smallest absolute Gasteiger partial charge is 0.121 e. The van der Waals surface area contributed by atoms with Gasteiger partial charge >= 0.3 is 0 Å². The summed E-state index contributed by atoms with van der Waals surface area (Å²) < 4.78 is 0. The van der Waals surface area contributed by atoms with Gasteiger partial charge in [-0.2, -0.15) is 0 Å². The minimum absolute atomic E-state index is 0.364. The summed E-state index contributed by atoms with van der Waals surface area (Å²) in [5.74, 6) is 0.364. The zero-order valence-electron chi connectivity index (χ0n) is 10.9. The third kappa shape index (κ3) is 2.59. The number of hydrogen-bond donors (Lipinski definition) is 1. The van der Waals surface area contributed by atoms with Gasteiger partial charge in [0, 0.05) is 6.21 Å². The molecule has 2 aromatic rings. The van der Waals surface area contributed by atoms with Crippen LogP contribution >= 0.6 is 0 Å². The van der Waals surface area contributed by atoms with Crippen LogP contribution in [0.1, 0.15) is 22.3 Å². The van der Waals surface area contributed by atoms with Crippen molar-refractivity contribution in [2.24, 2.45) is 4.99 Å². The Hall–Kier alpha value is -2.09. The topological polar surface area (TPSA) is 32.6 Å². The van der Waals surface area contributed by atoms with Crippen LogP contribution in [0.15, 0.2) is 41.4 Å². The van der Waals surface area contributed by atoms with Gasteiger partial charge < -0.3 is 5.11 Å². The maximum Gasteiger partial charge on any atom is 0.121 e. The molecular formula is C16H17NO. The van der Waals surface area contributed by atoms with Gasteiger partial charge in [-0.05, 0) is 61.2 Å². The average molecular weight is 239 g/mol. The Balaban J connectivity index is 2.33. The molecule has 1 N–H and O–H groups in total. The molecule has 0 radical (unpaired) electrons. The molecule has 0 aliphatic carbocycles. The van der Waals surface area contributed by atoms with Crippen LogP contribution in [0.2, 0.25) is 0 Å². The highest BCUT2D eigenvalue weighted by molar-refractivity contribution is 5.83. The highest BCUT2D eigenvalue weighted by atomic mass is 16.3. The monoisotopic (exact) mass is 239 g/mol. The predicted molar refractivity (Wildman–Crippen MR) is 76.0 cm³/mol. The SMILES string of the molecule is Cc1ccccc1N=Cc1cc(C)c(O)c(C)c1. The molecule has 0 atom stereocenters. The van der Waals surface area contributed by atoms with E-state index in [1.54, 1.807) is 0 Å². The molecule has 0 aliphatic heterocycles. The van der Waals surface area contributed by atoms with Gasteiger partial charge in [-0.3, -0.25) is 4.99 Å². The van der Waals surface area contributed by atoms with E-state index in [-0.39, 0.29) is 0 Å². The third-order valence-corrected chi connectivity index (χ3v) is 2.98. The maximum absolute atomic E-state index is 9.72. The van der Waals surface area contributed by atoms with E-state index in [1.165, 1.54) is 0 Å². The fourth-order valence-electron chi connectivity index (χ4n) is 1.92. The summed E-state index contributed by atoms with van der Waals surface area (Å²) in [6.45, 7) is 5.83. The third-order valence-electron chi connectivity index (χ3n) is 2.98. The first kappa shape index (κ1) is 12.4. The molecule has 2 nitrogen and oxygen atoms in total. The minimum Gasteiger partial charge on any atom is -0.507 e. The lowest BCUT2D eigenvalue weighted by Gasteiger charge is -2.04. The molecule has 0 aliphatic rings. The Bertz CT molecular complexity index is 577. The van der Waals surface area contributed by atoms with E-state index in [9.17, 15) is 5.11 Å². The van der Waals surface area contributed by atoms with Gasteiger partial charge in [0.25, 0.3) is 0 Å². The van der Waals surface area contributed by atoms with E-state index < -0.39 is 0 Å². The lowest BCUT2D eigenvalue weighted by atomic mass is 10.1. The van der Waals surface area contributed by atoms with Crippen molar-refractivity contribution in [2.75, 3.05) is 0 Å². The molecule has 18 heavy (non-hydrogen) atoms. The van der Waals surface area contributed by atoms with Gasteiger partial charge in [0.15, 0.2) is 0 Å². The van der Waals surface area contributed by atoms with Crippen molar-refractivity contribution in [1.29, 1.82) is 0 Å². The number of aryl methyl sites for hydroxylation is 3. The summed E-state index contributed by atoms with van der Waals surface area (Å²) in [5, 5.41) is 9.72. The number of aromatic hydroxyl groups is 1. The van der Waals surface area contributed by atoms with Gasteiger partial charge in [-0.25, -0.2) is 0 Å². The average Bonchev–Trinajstić information content (AvgIpc) is 2.35. The van der Waals surface area contributed by atoms with Crippen LogP contribution in [-0.4, -0.2) is 11.3 Å². The molecule has 92 valence electrons. The molecule has 2 rings (SSSR count). The lowest BCUT2D eigenvalue weighted by Crippen LogP contribution is -1.87. The zero-order valence-corrected chi connectivity index (χ0v) is 10.9. The highest BCUT2D eigenvalue weighted by Crippen LogP contribution is 2.23. The molecule has 0 unspecified atom stereocenters. The van der Waals surface area contributed by atoms with E-state index >= 15 is 0 Å². The molecule has 0 saturated carbocycles. The number of nitrogens with zero attached hydrogens (tertiary/aromatic N) is 1. The van der Waals surface area contributed by atoms with Crippen molar-refractivity contribution < 1.29 is 5.11 Å². The van der Waals surface area contributed by atoms with Crippen LogP contribution in [0.3, 0.4) is 0 Å². The van der Waals surface area contributed by atoms with E-state index in [1.807, 2.05) is 63.4 Å². The molecular weight excluding hydrogens is 222 g/mol. The molecule has 2 heteroatoms. The van der Waals surface area contributed by atoms with Gasteiger partial charge in [-0.1, -0.05) is 18.2 Å². The van der Waals surface area contributed by atoms with Crippen LogP contribution in [0.5, 0.6) is 5.75 Å². The number of phenols is 1. The van der Waals surface area contributed by atoms with E-state index in [0.717, 1.165) is 27.9 Å². The Kier molecular flexibility index (Phi) is 3.47. The molecule has 0 spiro atoms. The standard InChI is InChI=1S/C16H17NO/c1-11-6-4-5-7-15(11)17-10-14-8-12(2)16(18)13(3)9-14/h4-10,18H,1-3H3. The van der Waals surface area contributed by atoms with Crippen molar-refractivity contribution in [3.63, 3.8) is 0 Å². The lowest BCUT2D eigenvalue weighted by molar-refractivity contribution is 0.467. The van der Waals surface area contributed by atoms with Crippen molar-refractivity contribution in [3.8, 4) is 5.75 Å². The van der Waals surface area contributed by atoms with Gasteiger partial charge in [-0.15, -0.1) is 0 Å². The maximum atomic E-state index is 9.72. The Morgan fingerprint density at radius 3 is 2.17 bits per heavy atom. The Labute approximate surface area is 108 Å². The van der Waals surface area contributed by atoms with E-state index in [0.29, 0.717) is 5.75 Å². The Morgan fingerprint density at radius 2 is 1.56 bits per heavy atom. The van der Waals surface area contributed by atoms with Gasteiger partial charge in [0.2, 0.25) is 0 Å². The number of rotatable bonds is 2. The summed E-state index contributed by atoms with van der Waals surface area (Å²) in [6, 6.07) is 11.9. The number of phenolic OH excluding ortho intramolecular Hbond substituents is 1. The van der Waals surface area contributed by atoms with Crippen molar-refractivity contribution >= 4 is 11.9 Å². The molecule has 0 amide bonds. The molecule has 0 fully saturated rings. The largest absolute Gasteiger partial charge is 0.507 e. The fraction of sp³-hybridized carbons (Fsp3) is 0.188. The second-order valence-corrected chi connectivity index (χ2v) is 4.55. The Morgan fingerprint density at radius 1 is 0.944 bits per heavy atom. The minimum atomic E-state index is 0.364. The number of benzene rings is 2. The van der Waals surface area contributed by atoms with Crippen molar-refractivity contribution in [3.05, 3.63) is 58.7 Å². The second kappa shape index (κ2) is 5.05. The summed E-state index contributed by atoms with van der Waals surface area (Å²) in [7, 11) is 0. The molecule has 0 heterocycles. The van der Waals surface area contributed by atoms with Crippen LogP contribution in [-0.2, 0) is 0 Å². The van der Waals surface area contributed by atoms with Gasteiger partial charge in [0.1, 0.15) is 5.75 Å².